The third-order valence-electron chi connectivity index (χ3n) is 4.60. The standard InChI is InChI=1S/C23H16F3N2O/c24-23(25,26)21-6-2-5-20-19(11-12-27-22(20)21)16-3-1-4-17(13-16)28-14-15-7-9-18(29)10-8-15/h1-10,12-13,28-29H,14H2. The molecule has 0 spiro atoms. The molecule has 0 amide bonds. The Balaban J connectivity index is 1.68. The number of anilines is 1. The van der Waals surface area contributed by atoms with Gasteiger partial charge in [0.25, 0.3) is 0 Å². The highest BCUT2D eigenvalue weighted by molar-refractivity contribution is 5.96. The Kier molecular flexibility index (Phi) is 4.84. The van der Waals surface area contributed by atoms with E-state index >= 15 is 0 Å². The van der Waals surface area contributed by atoms with Crippen LogP contribution in [0.15, 0.2) is 72.9 Å². The summed E-state index contributed by atoms with van der Waals surface area (Å²) >= 11 is 0. The van der Waals surface area contributed by atoms with Crippen molar-refractivity contribution in [3.8, 4) is 16.9 Å². The fourth-order valence-corrected chi connectivity index (χ4v) is 3.19. The van der Waals surface area contributed by atoms with Crippen LogP contribution in [0.3, 0.4) is 0 Å². The molecule has 0 fully saturated rings. The molecule has 3 aromatic carbocycles. The Hall–Kier alpha value is -3.54. The molecular weight excluding hydrogens is 377 g/mol. The highest BCUT2D eigenvalue weighted by Crippen LogP contribution is 2.37. The monoisotopic (exact) mass is 393 g/mol. The van der Waals surface area contributed by atoms with Crippen molar-refractivity contribution in [2.24, 2.45) is 0 Å². The van der Waals surface area contributed by atoms with Gasteiger partial charge in [-0.15, -0.1) is 0 Å². The zero-order chi connectivity index (χ0) is 20.4. The quantitative estimate of drug-likeness (QED) is 0.444. The van der Waals surface area contributed by atoms with Crippen LogP contribution in [0.5, 0.6) is 5.75 Å². The van der Waals surface area contributed by atoms with Crippen LogP contribution in [0.2, 0.25) is 0 Å². The number of fused-ring (bicyclic) bond motifs is 1. The van der Waals surface area contributed by atoms with Crippen LogP contribution in [-0.2, 0) is 12.7 Å². The summed E-state index contributed by atoms with van der Waals surface area (Å²) in [6.07, 6.45) is -3.19. The molecule has 29 heavy (non-hydrogen) atoms. The lowest BCUT2D eigenvalue weighted by Crippen LogP contribution is -2.06. The maximum absolute atomic E-state index is 13.3. The lowest BCUT2D eigenvalue weighted by atomic mass is 9.99. The summed E-state index contributed by atoms with van der Waals surface area (Å²) in [7, 11) is 0. The summed E-state index contributed by atoms with van der Waals surface area (Å²) in [5.41, 5.74) is 2.27. The molecule has 0 unspecified atom stereocenters. The molecular formula is C23H16F3N2O. The van der Waals surface area contributed by atoms with E-state index in [-0.39, 0.29) is 11.3 Å². The normalized spacial score (nSPS) is 11.6. The number of phenols is 1. The molecule has 0 saturated carbocycles. The molecule has 2 N–H and O–H groups in total. The Bertz CT molecular complexity index is 1150. The highest BCUT2D eigenvalue weighted by Gasteiger charge is 2.33. The number of nitrogens with one attached hydrogen (secondary N) is 1. The zero-order valence-electron chi connectivity index (χ0n) is 15.2. The van der Waals surface area contributed by atoms with Crippen molar-refractivity contribution in [1.82, 2.24) is 4.98 Å². The topological polar surface area (TPSA) is 45.1 Å². The molecule has 1 heterocycles. The summed E-state index contributed by atoms with van der Waals surface area (Å²) in [6.45, 7) is 0.544. The zero-order valence-corrected chi connectivity index (χ0v) is 15.2. The molecule has 0 atom stereocenters. The molecule has 4 rings (SSSR count). The Morgan fingerprint density at radius 3 is 2.48 bits per heavy atom. The van der Waals surface area contributed by atoms with E-state index in [4.69, 9.17) is 0 Å². The highest BCUT2D eigenvalue weighted by atomic mass is 19.4. The van der Waals surface area contributed by atoms with Crippen molar-refractivity contribution in [3.05, 3.63) is 90.1 Å². The smallest absolute Gasteiger partial charge is 0.418 e. The van der Waals surface area contributed by atoms with Crippen molar-refractivity contribution in [2.45, 2.75) is 12.7 Å². The number of rotatable bonds is 4. The first kappa shape index (κ1) is 18.8. The number of phenolic OH excluding ortho intramolecular Hbond substituents is 1. The molecule has 3 nitrogen and oxygen atoms in total. The summed E-state index contributed by atoms with van der Waals surface area (Å²) in [6, 6.07) is 21.3. The molecule has 0 aliphatic rings. The van der Waals surface area contributed by atoms with Gasteiger partial charge in [0.15, 0.2) is 0 Å². The molecule has 0 saturated heterocycles. The number of nitrogens with zero attached hydrogens (tertiary/aromatic N) is 1. The maximum atomic E-state index is 13.3. The number of hydrogen-bond acceptors (Lipinski definition) is 3. The molecule has 4 aromatic rings. The SMILES string of the molecule is Oc1ccc(CNc2cccc(-c3[c]cnc4c(C(F)(F)F)cccc34)c2)cc1. The largest absolute Gasteiger partial charge is 0.508 e. The number of halogens is 3. The Morgan fingerprint density at radius 1 is 0.966 bits per heavy atom. The molecule has 0 bridgehead atoms. The van der Waals surface area contributed by atoms with Crippen molar-refractivity contribution in [1.29, 1.82) is 0 Å². The average molecular weight is 393 g/mol. The van der Waals surface area contributed by atoms with E-state index in [0.29, 0.717) is 17.5 Å². The third-order valence-corrected chi connectivity index (χ3v) is 4.60. The van der Waals surface area contributed by atoms with E-state index in [1.165, 1.54) is 12.3 Å². The van der Waals surface area contributed by atoms with Gasteiger partial charge in [0.1, 0.15) is 5.75 Å². The predicted molar refractivity (Wildman–Crippen MR) is 106 cm³/mol. The Labute approximate surface area is 165 Å². The second kappa shape index (κ2) is 7.47. The number of para-hydroxylation sites is 1. The molecule has 0 aliphatic heterocycles. The second-order valence-corrected chi connectivity index (χ2v) is 6.58. The van der Waals surface area contributed by atoms with Crippen molar-refractivity contribution in [2.75, 3.05) is 5.32 Å². The minimum atomic E-state index is -4.47. The number of benzene rings is 3. The first-order chi connectivity index (χ1) is 13.9. The van der Waals surface area contributed by atoms with Crippen LogP contribution in [0.25, 0.3) is 22.0 Å². The van der Waals surface area contributed by atoms with E-state index in [1.807, 2.05) is 36.4 Å². The fraction of sp³-hybridized carbons (Fsp3) is 0.0870. The molecule has 6 heteroatoms. The van der Waals surface area contributed by atoms with Gasteiger partial charge >= 0.3 is 6.18 Å². The van der Waals surface area contributed by atoms with Crippen molar-refractivity contribution in [3.63, 3.8) is 0 Å². The van der Waals surface area contributed by atoms with Gasteiger partial charge in [0, 0.05) is 35.4 Å². The molecule has 1 aromatic heterocycles. The van der Waals surface area contributed by atoms with Gasteiger partial charge in [-0.25, -0.2) is 0 Å². The van der Waals surface area contributed by atoms with Crippen LogP contribution < -0.4 is 5.32 Å². The number of aromatic nitrogens is 1. The van der Waals surface area contributed by atoms with Crippen LogP contribution >= 0.6 is 0 Å². The third kappa shape index (κ3) is 4.01. The average Bonchev–Trinajstić information content (AvgIpc) is 2.72. The van der Waals surface area contributed by atoms with Gasteiger partial charge in [0.2, 0.25) is 0 Å². The number of hydrogen-bond donors (Lipinski definition) is 2. The van der Waals surface area contributed by atoms with Crippen LogP contribution in [-0.4, -0.2) is 10.1 Å². The first-order valence-electron chi connectivity index (χ1n) is 8.90. The maximum Gasteiger partial charge on any atom is 0.418 e. The number of pyridine rings is 1. The van der Waals surface area contributed by atoms with E-state index in [2.05, 4.69) is 16.4 Å². The van der Waals surface area contributed by atoms with Crippen molar-refractivity contribution < 1.29 is 18.3 Å². The first-order valence-corrected chi connectivity index (χ1v) is 8.90. The van der Waals surface area contributed by atoms with Gasteiger partial charge in [-0.05, 0) is 41.5 Å². The van der Waals surface area contributed by atoms with E-state index in [0.717, 1.165) is 22.9 Å². The Morgan fingerprint density at radius 2 is 1.72 bits per heavy atom. The molecule has 0 aliphatic carbocycles. The van der Waals surface area contributed by atoms with Gasteiger partial charge in [-0.3, -0.25) is 4.98 Å². The molecule has 1 radical (unpaired) electrons. The summed E-state index contributed by atoms with van der Waals surface area (Å²) < 4.78 is 40.0. The summed E-state index contributed by atoms with van der Waals surface area (Å²) in [4.78, 5) is 3.93. The predicted octanol–water partition coefficient (Wildman–Crippen LogP) is 6.04. The van der Waals surface area contributed by atoms with Crippen LogP contribution in [0.4, 0.5) is 18.9 Å². The summed E-state index contributed by atoms with van der Waals surface area (Å²) in [5.74, 6) is 0.203. The molecule has 145 valence electrons. The van der Waals surface area contributed by atoms with Gasteiger partial charge in [-0.2, -0.15) is 13.2 Å². The number of alkyl halides is 3. The van der Waals surface area contributed by atoms with Gasteiger partial charge in [-0.1, -0.05) is 36.4 Å². The van der Waals surface area contributed by atoms with Gasteiger partial charge in [0.05, 0.1) is 11.1 Å². The van der Waals surface area contributed by atoms with Crippen molar-refractivity contribution >= 4 is 16.6 Å². The number of aromatic hydroxyl groups is 1. The lowest BCUT2D eigenvalue weighted by molar-refractivity contribution is -0.136. The minimum Gasteiger partial charge on any atom is -0.508 e. The van der Waals surface area contributed by atoms with E-state index in [9.17, 15) is 18.3 Å². The van der Waals surface area contributed by atoms with Crippen LogP contribution in [0, 0.1) is 6.07 Å². The van der Waals surface area contributed by atoms with Crippen LogP contribution in [0.1, 0.15) is 11.1 Å². The lowest BCUT2D eigenvalue weighted by Gasteiger charge is -2.13. The van der Waals surface area contributed by atoms with E-state index in [1.54, 1.807) is 18.2 Å². The fourth-order valence-electron chi connectivity index (χ4n) is 3.19. The van der Waals surface area contributed by atoms with Gasteiger partial charge < -0.3 is 10.4 Å². The summed E-state index contributed by atoms with van der Waals surface area (Å²) in [5, 5.41) is 13.0. The van der Waals surface area contributed by atoms with E-state index < -0.39 is 11.7 Å². The second-order valence-electron chi connectivity index (χ2n) is 6.58. The minimum absolute atomic E-state index is 0.0868.